The van der Waals surface area contributed by atoms with Crippen LogP contribution in [0.5, 0.6) is 0 Å². The van der Waals surface area contributed by atoms with Gasteiger partial charge in [0.1, 0.15) is 0 Å². The van der Waals surface area contributed by atoms with Gasteiger partial charge in [0.15, 0.2) is 6.04 Å². The monoisotopic (exact) mass is 323 g/mol. The summed E-state index contributed by atoms with van der Waals surface area (Å²) in [6.07, 6.45) is 0.718. The van der Waals surface area contributed by atoms with Gasteiger partial charge in [0, 0.05) is 10.6 Å². The third-order valence-electron chi connectivity index (χ3n) is 3.07. The number of hydrogen-bond donors (Lipinski definition) is 2. The number of thiophene rings is 1. The fourth-order valence-corrected chi connectivity index (χ4v) is 3.13. The maximum absolute atomic E-state index is 12.3. The number of hydrogen-bond acceptors (Lipinski definition) is 3. The van der Waals surface area contributed by atoms with Crippen LogP contribution in [0.15, 0.2) is 35.7 Å². The van der Waals surface area contributed by atoms with E-state index >= 15 is 0 Å². The summed E-state index contributed by atoms with van der Waals surface area (Å²) in [6, 6.07) is 7.29. The lowest BCUT2D eigenvalue weighted by Crippen LogP contribution is -2.33. The van der Waals surface area contributed by atoms with E-state index in [1.807, 2.05) is 18.4 Å². The predicted octanol–water partition coefficient (Wildman–Crippen LogP) is 3.52. The zero-order valence-electron chi connectivity index (χ0n) is 11.3. The second-order valence-electron chi connectivity index (χ2n) is 4.39. The fraction of sp³-hybridized carbons (Fsp3) is 0.200. The standard InChI is InChI=1S/C15H14ClNO3S/c1-2-9-7-8-21-13(9)14(18)17-12(15(19)20)10-5-3-4-6-11(10)16/h3-8,12H,2H2,1H3,(H,17,18)(H,19,20)/t12-/m1/s1. The molecule has 1 amide bonds. The van der Waals surface area contributed by atoms with Gasteiger partial charge < -0.3 is 10.4 Å². The van der Waals surface area contributed by atoms with Crippen LogP contribution in [0.2, 0.25) is 5.02 Å². The van der Waals surface area contributed by atoms with Gasteiger partial charge in [-0.25, -0.2) is 4.79 Å². The van der Waals surface area contributed by atoms with Crippen LogP contribution in [-0.2, 0) is 11.2 Å². The summed E-state index contributed by atoms with van der Waals surface area (Å²) in [6.45, 7) is 1.95. The lowest BCUT2D eigenvalue weighted by atomic mass is 10.1. The zero-order valence-corrected chi connectivity index (χ0v) is 12.9. The number of carboxylic acids is 1. The van der Waals surface area contributed by atoms with E-state index in [-0.39, 0.29) is 0 Å². The molecule has 0 bridgehead atoms. The van der Waals surface area contributed by atoms with Crippen molar-refractivity contribution >= 4 is 34.8 Å². The van der Waals surface area contributed by atoms with E-state index in [0.29, 0.717) is 15.5 Å². The molecule has 2 N–H and O–H groups in total. The largest absolute Gasteiger partial charge is 0.479 e. The van der Waals surface area contributed by atoms with Crippen molar-refractivity contribution < 1.29 is 14.7 Å². The first kappa shape index (κ1) is 15.5. The van der Waals surface area contributed by atoms with Crippen LogP contribution in [0.1, 0.15) is 33.8 Å². The van der Waals surface area contributed by atoms with Crippen LogP contribution in [0.25, 0.3) is 0 Å². The lowest BCUT2D eigenvalue weighted by Gasteiger charge is -2.16. The molecule has 1 aromatic heterocycles. The number of carboxylic acid groups (broad SMARTS) is 1. The molecule has 4 nitrogen and oxygen atoms in total. The van der Waals surface area contributed by atoms with E-state index in [1.54, 1.807) is 24.3 Å². The molecule has 2 rings (SSSR count). The molecule has 0 saturated carbocycles. The van der Waals surface area contributed by atoms with Crippen molar-refractivity contribution in [2.75, 3.05) is 0 Å². The summed E-state index contributed by atoms with van der Waals surface area (Å²) >= 11 is 7.32. The Morgan fingerprint density at radius 1 is 1.33 bits per heavy atom. The second-order valence-corrected chi connectivity index (χ2v) is 5.72. The quantitative estimate of drug-likeness (QED) is 0.884. The predicted molar refractivity (Wildman–Crippen MR) is 83.0 cm³/mol. The zero-order chi connectivity index (χ0) is 15.4. The molecule has 0 fully saturated rings. The molecular formula is C15H14ClNO3S. The van der Waals surface area contributed by atoms with Gasteiger partial charge in [-0.3, -0.25) is 4.79 Å². The van der Waals surface area contributed by atoms with E-state index in [4.69, 9.17) is 11.6 Å². The molecule has 110 valence electrons. The van der Waals surface area contributed by atoms with Gasteiger partial charge in [0.2, 0.25) is 0 Å². The average molecular weight is 324 g/mol. The van der Waals surface area contributed by atoms with E-state index in [0.717, 1.165) is 12.0 Å². The highest BCUT2D eigenvalue weighted by atomic mass is 35.5. The van der Waals surface area contributed by atoms with Gasteiger partial charge in [-0.15, -0.1) is 11.3 Å². The van der Waals surface area contributed by atoms with E-state index in [2.05, 4.69) is 5.32 Å². The number of carbonyl (C=O) groups excluding carboxylic acids is 1. The summed E-state index contributed by atoms with van der Waals surface area (Å²) in [5.74, 6) is -1.54. The van der Waals surface area contributed by atoms with Crippen molar-refractivity contribution in [2.24, 2.45) is 0 Å². The average Bonchev–Trinajstić information content (AvgIpc) is 2.93. The summed E-state index contributed by atoms with van der Waals surface area (Å²) in [5.41, 5.74) is 1.27. The number of carbonyl (C=O) groups is 2. The second kappa shape index (κ2) is 6.74. The number of amides is 1. The van der Waals surface area contributed by atoms with Gasteiger partial charge in [-0.1, -0.05) is 36.7 Å². The summed E-state index contributed by atoms with van der Waals surface area (Å²) in [7, 11) is 0. The van der Waals surface area contributed by atoms with Crippen LogP contribution in [0, 0.1) is 0 Å². The lowest BCUT2D eigenvalue weighted by molar-refractivity contribution is -0.139. The molecule has 0 unspecified atom stereocenters. The SMILES string of the molecule is CCc1ccsc1C(=O)N[C@@H](C(=O)O)c1ccccc1Cl. The fourth-order valence-electron chi connectivity index (χ4n) is 1.99. The normalized spacial score (nSPS) is 11.9. The van der Waals surface area contributed by atoms with Gasteiger partial charge in [-0.05, 0) is 29.5 Å². The Labute approximate surface area is 131 Å². The van der Waals surface area contributed by atoms with Gasteiger partial charge in [0.05, 0.1) is 4.88 Å². The van der Waals surface area contributed by atoms with Crippen molar-refractivity contribution in [1.29, 1.82) is 0 Å². The van der Waals surface area contributed by atoms with Gasteiger partial charge in [-0.2, -0.15) is 0 Å². The minimum atomic E-state index is -1.17. The molecular weight excluding hydrogens is 310 g/mol. The Morgan fingerprint density at radius 3 is 2.67 bits per heavy atom. The summed E-state index contributed by atoms with van der Waals surface area (Å²) in [4.78, 5) is 24.3. The number of aliphatic carboxylic acids is 1. The molecule has 2 aromatic rings. The van der Waals surface area contributed by atoms with Crippen LogP contribution >= 0.6 is 22.9 Å². The molecule has 0 radical (unpaired) electrons. The Bertz CT molecular complexity index is 668. The van der Waals surface area contributed by atoms with Gasteiger partial charge in [0.25, 0.3) is 5.91 Å². The number of aryl methyl sites for hydroxylation is 1. The Morgan fingerprint density at radius 2 is 2.05 bits per heavy atom. The first-order valence-electron chi connectivity index (χ1n) is 6.39. The molecule has 21 heavy (non-hydrogen) atoms. The Hall–Kier alpha value is -1.85. The Balaban J connectivity index is 2.28. The molecule has 6 heteroatoms. The van der Waals surface area contributed by atoms with Crippen molar-refractivity contribution in [2.45, 2.75) is 19.4 Å². The molecule has 1 heterocycles. The summed E-state index contributed by atoms with van der Waals surface area (Å²) < 4.78 is 0. The molecule has 1 aromatic carbocycles. The van der Waals surface area contributed by atoms with Crippen LogP contribution in [0.3, 0.4) is 0 Å². The van der Waals surface area contributed by atoms with Crippen LogP contribution in [-0.4, -0.2) is 17.0 Å². The van der Waals surface area contributed by atoms with E-state index in [9.17, 15) is 14.7 Å². The minimum absolute atomic E-state index is 0.312. The van der Waals surface area contributed by atoms with Gasteiger partial charge >= 0.3 is 5.97 Å². The van der Waals surface area contributed by atoms with Crippen molar-refractivity contribution in [1.82, 2.24) is 5.32 Å². The van der Waals surface area contributed by atoms with Crippen LogP contribution in [0.4, 0.5) is 0 Å². The molecule has 0 saturated heterocycles. The summed E-state index contributed by atoms with van der Waals surface area (Å²) in [5, 5.41) is 14.0. The highest BCUT2D eigenvalue weighted by Gasteiger charge is 2.25. The highest BCUT2D eigenvalue weighted by Crippen LogP contribution is 2.24. The van der Waals surface area contributed by atoms with Crippen molar-refractivity contribution in [3.63, 3.8) is 0 Å². The molecule has 0 aliphatic heterocycles. The van der Waals surface area contributed by atoms with Crippen molar-refractivity contribution in [3.8, 4) is 0 Å². The Kier molecular flexibility index (Phi) is 4.98. The number of rotatable bonds is 5. The molecule has 1 atom stereocenters. The number of halogens is 1. The topological polar surface area (TPSA) is 66.4 Å². The number of benzene rings is 1. The first-order valence-corrected chi connectivity index (χ1v) is 7.64. The first-order chi connectivity index (χ1) is 10.0. The molecule has 0 aliphatic rings. The van der Waals surface area contributed by atoms with Crippen LogP contribution < -0.4 is 5.32 Å². The van der Waals surface area contributed by atoms with E-state index < -0.39 is 17.9 Å². The minimum Gasteiger partial charge on any atom is -0.479 e. The van der Waals surface area contributed by atoms with E-state index in [1.165, 1.54) is 11.3 Å². The maximum Gasteiger partial charge on any atom is 0.330 e. The maximum atomic E-state index is 12.3. The smallest absolute Gasteiger partial charge is 0.330 e. The highest BCUT2D eigenvalue weighted by molar-refractivity contribution is 7.12. The molecule has 0 aliphatic carbocycles. The number of nitrogens with one attached hydrogen (secondary N) is 1. The van der Waals surface area contributed by atoms with Crippen molar-refractivity contribution in [3.05, 3.63) is 56.7 Å². The third-order valence-corrected chi connectivity index (χ3v) is 4.37. The molecule has 0 spiro atoms. The third kappa shape index (κ3) is 3.43.